The second-order valence-corrected chi connectivity index (χ2v) is 9.61. The molecule has 3 rings (SSSR count). The van der Waals surface area contributed by atoms with Gasteiger partial charge in [0.1, 0.15) is 5.60 Å². The van der Waals surface area contributed by atoms with E-state index in [-0.39, 0.29) is 24.0 Å². The summed E-state index contributed by atoms with van der Waals surface area (Å²) in [5.74, 6) is -0.339. The summed E-state index contributed by atoms with van der Waals surface area (Å²) in [6.45, 7) is 8.21. The maximum Gasteiger partial charge on any atom is 0.410 e. The highest BCUT2D eigenvalue weighted by Gasteiger charge is 2.34. The molecule has 1 aromatic carbocycles. The van der Waals surface area contributed by atoms with Crippen molar-refractivity contribution in [1.29, 1.82) is 0 Å². The maximum absolute atomic E-state index is 12.3. The van der Waals surface area contributed by atoms with E-state index >= 15 is 0 Å². The lowest BCUT2D eigenvalue weighted by atomic mass is 10.1. The lowest BCUT2D eigenvalue weighted by Gasteiger charge is -2.33. The lowest BCUT2D eigenvalue weighted by molar-refractivity contribution is -0.0121. The van der Waals surface area contributed by atoms with Gasteiger partial charge in [-0.15, -0.1) is 0 Å². The Labute approximate surface area is 191 Å². The molecule has 0 saturated carbocycles. The minimum absolute atomic E-state index is 0.170. The smallest absolute Gasteiger partial charge is 0.410 e. The van der Waals surface area contributed by atoms with Crippen molar-refractivity contribution >= 4 is 17.9 Å². The maximum atomic E-state index is 12.3. The molecule has 2 aliphatic heterocycles. The molecule has 2 heterocycles. The van der Waals surface area contributed by atoms with Crippen LogP contribution in [0.2, 0.25) is 0 Å². The third-order valence-corrected chi connectivity index (χ3v) is 5.85. The molecule has 0 spiro atoms. The van der Waals surface area contributed by atoms with Crippen LogP contribution in [0.15, 0.2) is 24.3 Å². The van der Waals surface area contributed by atoms with Crippen LogP contribution in [-0.2, 0) is 9.47 Å². The number of hydrogen-bond acceptors (Lipinski definition) is 5. The Morgan fingerprint density at radius 2 is 1.50 bits per heavy atom. The number of piperidine rings is 1. The number of unbranched alkanes of at least 4 members (excludes halogenated alkanes) is 4. The predicted octanol–water partition coefficient (Wildman–Crippen LogP) is 4.65. The third kappa shape index (κ3) is 6.55. The Hall–Kier alpha value is -2.41. The molecule has 7 heteroatoms. The number of rotatable bonds is 9. The fourth-order valence-corrected chi connectivity index (χ4v) is 4.13. The Kier molecular flexibility index (Phi) is 8.29. The second-order valence-electron chi connectivity index (χ2n) is 9.61. The van der Waals surface area contributed by atoms with Crippen molar-refractivity contribution in [3.63, 3.8) is 0 Å². The van der Waals surface area contributed by atoms with E-state index in [4.69, 9.17) is 9.47 Å². The summed E-state index contributed by atoms with van der Waals surface area (Å²) >= 11 is 0. The number of fused-ring (bicyclic) bond motifs is 1. The number of amides is 3. The summed E-state index contributed by atoms with van der Waals surface area (Å²) < 4.78 is 11.4. The number of imide groups is 1. The van der Waals surface area contributed by atoms with Gasteiger partial charge in [0.05, 0.1) is 17.2 Å². The number of likely N-dealkylation sites (tertiary alicyclic amines) is 1. The number of ether oxygens (including phenoxy) is 2. The Morgan fingerprint density at radius 3 is 2.09 bits per heavy atom. The first-order valence-electron chi connectivity index (χ1n) is 11.8. The molecule has 1 aromatic rings. The summed E-state index contributed by atoms with van der Waals surface area (Å²) in [7, 11) is 0. The van der Waals surface area contributed by atoms with Gasteiger partial charge in [0, 0.05) is 26.2 Å². The van der Waals surface area contributed by atoms with E-state index in [1.807, 2.05) is 20.8 Å². The van der Waals surface area contributed by atoms with Crippen molar-refractivity contribution < 1.29 is 23.9 Å². The minimum Gasteiger partial charge on any atom is -0.444 e. The van der Waals surface area contributed by atoms with E-state index in [9.17, 15) is 14.4 Å². The van der Waals surface area contributed by atoms with Crippen molar-refractivity contribution in [2.75, 3.05) is 26.2 Å². The second kappa shape index (κ2) is 10.9. The molecule has 32 heavy (non-hydrogen) atoms. The van der Waals surface area contributed by atoms with Crippen LogP contribution >= 0.6 is 0 Å². The zero-order chi connectivity index (χ0) is 23.1. The Balaban J connectivity index is 1.21. The standard InChI is InChI=1S/C25H36N2O5/c1-25(2,3)32-24(30)26-16-13-19(14-17-26)31-18-10-6-4-5-9-15-27-22(28)20-11-7-8-12-21(20)23(27)29/h7-8,11-12,19H,4-6,9-10,13-18H2,1-3H3. The molecule has 0 aromatic heterocycles. The van der Waals surface area contributed by atoms with E-state index in [2.05, 4.69) is 0 Å². The van der Waals surface area contributed by atoms with Crippen LogP contribution in [0.4, 0.5) is 4.79 Å². The molecule has 0 N–H and O–H groups in total. The van der Waals surface area contributed by atoms with Crippen LogP contribution in [-0.4, -0.2) is 65.7 Å². The molecule has 0 atom stereocenters. The highest BCUT2D eigenvalue weighted by Crippen LogP contribution is 2.23. The molecule has 2 aliphatic rings. The molecular formula is C25H36N2O5. The van der Waals surface area contributed by atoms with Gasteiger partial charge in [-0.05, 0) is 58.6 Å². The highest BCUT2D eigenvalue weighted by atomic mass is 16.6. The third-order valence-electron chi connectivity index (χ3n) is 5.85. The quantitative estimate of drug-likeness (QED) is 0.409. The molecule has 3 amide bonds. The molecule has 0 bridgehead atoms. The SMILES string of the molecule is CC(C)(C)OC(=O)N1CCC(OCCCCCCCN2C(=O)c3ccccc3C2=O)CC1. The molecule has 0 unspecified atom stereocenters. The Morgan fingerprint density at radius 1 is 0.938 bits per heavy atom. The van der Waals surface area contributed by atoms with Gasteiger partial charge in [0.25, 0.3) is 11.8 Å². The van der Waals surface area contributed by atoms with Crippen LogP contribution < -0.4 is 0 Å². The van der Waals surface area contributed by atoms with Crippen molar-refractivity contribution in [3.05, 3.63) is 35.4 Å². The van der Waals surface area contributed by atoms with E-state index in [0.717, 1.165) is 51.6 Å². The van der Waals surface area contributed by atoms with Gasteiger partial charge >= 0.3 is 6.09 Å². The van der Waals surface area contributed by atoms with E-state index in [0.29, 0.717) is 30.8 Å². The first-order chi connectivity index (χ1) is 15.3. The van der Waals surface area contributed by atoms with Crippen LogP contribution in [0.3, 0.4) is 0 Å². The molecule has 0 radical (unpaired) electrons. The Bertz CT molecular complexity index is 774. The minimum atomic E-state index is -0.463. The number of hydrogen-bond donors (Lipinski definition) is 0. The summed E-state index contributed by atoms with van der Waals surface area (Å²) in [5, 5.41) is 0. The van der Waals surface area contributed by atoms with Gasteiger partial charge in [-0.1, -0.05) is 31.4 Å². The van der Waals surface area contributed by atoms with E-state index < -0.39 is 5.60 Å². The van der Waals surface area contributed by atoms with Crippen molar-refractivity contribution in [2.45, 2.75) is 77.4 Å². The van der Waals surface area contributed by atoms with Crippen LogP contribution in [0.5, 0.6) is 0 Å². The van der Waals surface area contributed by atoms with Gasteiger partial charge in [-0.3, -0.25) is 14.5 Å². The molecule has 1 fully saturated rings. The topological polar surface area (TPSA) is 76.2 Å². The monoisotopic (exact) mass is 444 g/mol. The van der Waals surface area contributed by atoms with Gasteiger partial charge in [-0.25, -0.2) is 4.79 Å². The number of benzene rings is 1. The fraction of sp³-hybridized carbons (Fsp3) is 0.640. The number of carbonyl (C=O) groups excluding carboxylic acids is 3. The van der Waals surface area contributed by atoms with Gasteiger partial charge in [0.15, 0.2) is 0 Å². The van der Waals surface area contributed by atoms with Crippen LogP contribution in [0.25, 0.3) is 0 Å². The first-order valence-corrected chi connectivity index (χ1v) is 11.8. The average Bonchev–Trinajstić information content (AvgIpc) is 2.99. The molecule has 7 nitrogen and oxygen atoms in total. The zero-order valence-corrected chi connectivity index (χ0v) is 19.6. The van der Waals surface area contributed by atoms with Crippen molar-refractivity contribution in [2.24, 2.45) is 0 Å². The summed E-state index contributed by atoms with van der Waals surface area (Å²) in [5.41, 5.74) is 0.577. The predicted molar refractivity (Wildman–Crippen MR) is 122 cm³/mol. The normalized spacial score (nSPS) is 17.1. The summed E-state index contributed by atoms with van der Waals surface area (Å²) in [6.07, 6.45) is 6.61. The van der Waals surface area contributed by atoms with Gasteiger partial charge in [-0.2, -0.15) is 0 Å². The summed E-state index contributed by atoms with van der Waals surface area (Å²) in [4.78, 5) is 39.9. The number of carbonyl (C=O) groups is 3. The molecule has 1 saturated heterocycles. The van der Waals surface area contributed by atoms with Gasteiger partial charge < -0.3 is 14.4 Å². The molecule has 0 aliphatic carbocycles. The van der Waals surface area contributed by atoms with Crippen molar-refractivity contribution in [3.8, 4) is 0 Å². The number of nitrogens with zero attached hydrogens (tertiary/aromatic N) is 2. The molecule has 176 valence electrons. The average molecular weight is 445 g/mol. The fourth-order valence-electron chi connectivity index (χ4n) is 4.13. The summed E-state index contributed by atoms with van der Waals surface area (Å²) in [6, 6.07) is 7.02. The zero-order valence-electron chi connectivity index (χ0n) is 19.6. The van der Waals surface area contributed by atoms with Crippen LogP contribution in [0.1, 0.15) is 86.4 Å². The van der Waals surface area contributed by atoms with Gasteiger partial charge in [0.2, 0.25) is 0 Å². The molecular weight excluding hydrogens is 408 g/mol. The van der Waals surface area contributed by atoms with E-state index in [1.54, 1.807) is 29.2 Å². The van der Waals surface area contributed by atoms with Crippen LogP contribution in [0, 0.1) is 0 Å². The van der Waals surface area contributed by atoms with Crippen molar-refractivity contribution in [1.82, 2.24) is 9.80 Å². The largest absolute Gasteiger partial charge is 0.444 e. The first kappa shape index (κ1) is 24.2. The highest BCUT2D eigenvalue weighted by molar-refractivity contribution is 6.21. The van der Waals surface area contributed by atoms with E-state index in [1.165, 1.54) is 4.90 Å². The lowest BCUT2D eigenvalue weighted by Crippen LogP contribution is -2.43.